The second kappa shape index (κ2) is 9.15. The third kappa shape index (κ3) is 4.84. The van der Waals surface area contributed by atoms with E-state index in [1.165, 1.54) is 21.9 Å². The van der Waals surface area contributed by atoms with Gasteiger partial charge in [-0.05, 0) is 36.4 Å². The van der Waals surface area contributed by atoms with Gasteiger partial charge in [0, 0.05) is 11.6 Å². The molecular weight excluding hydrogens is 440 g/mol. The van der Waals surface area contributed by atoms with Crippen molar-refractivity contribution in [1.82, 2.24) is 19.9 Å². The number of aromatic nitrogens is 3. The Hall–Kier alpha value is -3.43. The average Bonchev–Trinajstić information content (AvgIpc) is 3.22. The molecule has 4 rings (SSSR count). The summed E-state index contributed by atoms with van der Waals surface area (Å²) in [5.74, 6) is 0.801. The second-order valence-electron chi connectivity index (χ2n) is 6.41. The molecule has 0 radical (unpaired) electrons. The number of carbonyl (C=O) groups excluding carboxylic acids is 1. The molecule has 0 aliphatic carbocycles. The van der Waals surface area contributed by atoms with Crippen molar-refractivity contribution < 1.29 is 14.3 Å². The molecule has 10 heteroatoms. The standard InChI is InChI=1S/C21H17ClN4O4S/c1-29-15-8-6-13(7-9-15)20-25-26-19(28)10-14(24-21(26)31-20)11-23-18(27)12-30-17-5-3-2-4-16(17)22/h2-10H,11-12H2,1H3,(H,23,27). The lowest BCUT2D eigenvalue weighted by atomic mass is 10.2. The zero-order valence-electron chi connectivity index (χ0n) is 16.4. The van der Waals surface area contributed by atoms with Crippen LogP contribution in [-0.4, -0.2) is 34.2 Å². The maximum Gasteiger partial charge on any atom is 0.275 e. The number of rotatable bonds is 7. The Morgan fingerprint density at radius 3 is 2.71 bits per heavy atom. The van der Waals surface area contributed by atoms with Crippen LogP contribution in [-0.2, 0) is 11.3 Å². The summed E-state index contributed by atoms with van der Waals surface area (Å²) in [6, 6.07) is 15.6. The Morgan fingerprint density at radius 1 is 1.19 bits per heavy atom. The number of amides is 1. The van der Waals surface area contributed by atoms with E-state index in [1.807, 2.05) is 24.3 Å². The van der Waals surface area contributed by atoms with Crippen molar-refractivity contribution in [2.75, 3.05) is 13.7 Å². The molecule has 0 aliphatic rings. The predicted molar refractivity (Wildman–Crippen MR) is 118 cm³/mol. The van der Waals surface area contributed by atoms with Crippen molar-refractivity contribution in [2.45, 2.75) is 6.54 Å². The summed E-state index contributed by atoms with van der Waals surface area (Å²) in [5, 5.41) is 8.11. The smallest absolute Gasteiger partial charge is 0.275 e. The number of methoxy groups -OCH3 is 1. The van der Waals surface area contributed by atoms with Gasteiger partial charge in [-0.25, -0.2) is 4.98 Å². The van der Waals surface area contributed by atoms with Gasteiger partial charge in [0.1, 0.15) is 16.5 Å². The normalized spacial score (nSPS) is 10.8. The minimum Gasteiger partial charge on any atom is -0.497 e. The van der Waals surface area contributed by atoms with Crippen molar-refractivity contribution in [1.29, 1.82) is 0 Å². The Morgan fingerprint density at radius 2 is 1.97 bits per heavy atom. The van der Waals surface area contributed by atoms with E-state index in [1.54, 1.807) is 31.4 Å². The van der Waals surface area contributed by atoms with Gasteiger partial charge in [0.2, 0.25) is 4.96 Å². The van der Waals surface area contributed by atoms with Crippen molar-refractivity contribution in [3.63, 3.8) is 0 Å². The van der Waals surface area contributed by atoms with E-state index >= 15 is 0 Å². The largest absolute Gasteiger partial charge is 0.497 e. The summed E-state index contributed by atoms with van der Waals surface area (Å²) >= 11 is 7.28. The molecule has 8 nitrogen and oxygen atoms in total. The lowest BCUT2D eigenvalue weighted by Gasteiger charge is -2.08. The van der Waals surface area contributed by atoms with Crippen molar-refractivity contribution >= 4 is 33.8 Å². The molecule has 0 saturated heterocycles. The predicted octanol–water partition coefficient (Wildman–Crippen LogP) is 3.18. The number of hydrogen-bond acceptors (Lipinski definition) is 7. The molecule has 0 atom stereocenters. The van der Waals surface area contributed by atoms with Crippen LogP contribution in [0.15, 0.2) is 59.4 Å². The van der Waals surface area contributed by atoms with E-state index in [4.69, 9.17) is 21.1 Å². The molecule has 0 spiro atoms. The van der Waals surface area contributed by atoms with E-state index in [0.29, 0.717) is 26.4 Å². The fourth-order valence-electron chi connectivity index (χ4n) is 2.74. The van der Waals surface area contributed by atoms with Crippen LogP contribution in [0.2, 0.25) is 5.02 Å². The van der Waals surface area contributed by atoms with Crippen LogP contribution in [0.4, 0.5) is 0 Å². The van der Waals surface area contributed by atoms with Gasteiger partial charge in [-0.1, -0.05) is 35.1 Å². The Labute approximate surface area is 186 Å². The summed E-state index contributed by atoms with van der Waals surface area (Å²) < 4.78 is 11.8. The highest BCUT2D eigenvalue weighted by atomic mass is 35.5. The minimum atomic E-state index is -0.356. The number of nitrogens with zero attached hydrogens (tertiary/aromatic N) is 3. The molecule has 4 aromatic rings. The summed E-state index contributed by atoms with van der Waals surface area (Å²) in [6.07, 6.45) is 0. The average molecular weight is 457 g/mol. The quantitative estimate of drug-likeness (QED) is 0.459. The van der Waals surface area contributed by atoms with Gasteiger partial charge in [0.05, 0.1) is 24.4 Å². The number of ether oxygens (including phenoxy) is 2. The molecule has 0 fully saturated rings. The van der Waals surface area contributed by atoms with Gasteiger partial charge in [-0.15, -0.1) is 0 Å². The van der Waals surface area contributed by atoms with Crippen LogP contribution in [0.5, 0.6) is 11.5 Å². The van der Waals surface area contributed by atoms with Crippen molar-refractivity contribution in [3.8, 4) is 22.1 Å². The van der Waals surface area contributed by atoms with E-state index < -0.39 is 0 Å². The van der Waals surface area contributed by atoms with Crippen molar-refractivity contribution in [2.24, 2.45) is 0 Å². The monoisotopic (exact) mass is 456 g/mol. The zero-order chi connectivity index (χ0) is 21.8. The molecular formula is C21H17ClN4O4S. The van der Waals surface area contributed by atoms with E-state index in [2.05, 4.69) is 15.4 Å². The highest BCUT2D eigenvalue weighted by molar-refractivity contribution is 7.19. The maximum atomic E-state index is 12.4. The van der Waals surface area contributed by atoms with E-state index in [9.17, 15) is 9.59 Å². The van der Waals surface area contributed by atoms with Crippen LogP contribution in [0.25, 0.3) is 15.5 Å². The number of para-hydroxylation sites is 1. The Kier molecular flexibility index (Phi) is 6.15. The molecule has 158 valence electrons. The molecule has 0 unspecified atom stereocenters. The molecule has 31 heavy (non-hydrogen) atoms. The third-order valence-electron chi connectivity index (χ3n) is 4.30. The summed E-state index contributed by atoms with van der Waals surface area (Å²) in [5.41, 5.74) is 0.959. The molecule has 0 aliphatic heterocycles. The van der Waals surface area contributed by atoms with Crippen LogP contribution in [0.1, 0.15) is 5.69 Å². The van der Waals surface area contributed by atoms with E-state index in [-0.39, 0.29) is 24.6 Å². The number of halogens is 1. The highest BCUT2D eigenvalue weighted by Gasteiger charge is 2.12. The fraction of sp³-hybridized carbons (Fsp3) is 0.143. The first kappa shape index (κ1) is 20.8. The van der Waals surface area contributed by atoms with Crippen LogP contribution in [0.3, 0.4) is 0 Å². The van der Waals surface area contributed by atoms with Gasteiger partial charge in [-0.3, -0.25) is 9.59 Å². The number of nitrogens with one attached hydrogen (secondary N) is 1. The molecule has 2 heterocycles. The number of hydrogen-bond donors (Lipinski definition) is 1. The maximum absolute atomic E-state index is 12.4. The molecule has 0 bridgehead atoms. The molecule has 1 N–H and O–H groups in total. The summed E-state index contributed by atoms with van der Waals surface area (Å²) in [4.78, 5) is 29.4. The molecule has 2 aromatic carbocycles. The van der Waals surface area contributed by atoms with Gasteiger partial charge < -0.3 is 14.8 Å². The fourth-order valence-corrected chi connectivity index (χ4v) is 3.86. The van der Waals surface area contributed by atoms with Gasteiger partial charge >= 0.3 is 0 Å². The molecule has 0 saturated carbocycles. The number of benzene rings is 2. The highest BCUT2D eigenvalue weighted by Crippen LogP contribution is 2.26. The number of fused-ring (bicyclic) bond motifs is 1. The first-order chi connectivity index (χ1) is 15.0. The van der Waals surface area contributed by atoms with E-state index in [0.717, 1.165) is 11.3 Å². The minimum absolute atomic E-state index is 0.0895. The second-order valence-corrected chi connectivity index (χ2v) is 7.77. The summed E-state index contributed by atoms with van der Waals surface area (Å²) in [6.45, 7) is -0.112. The third-order valence-corrected chi connectivity index (χ3v) is 5.57. The molecule has 2 aromatic heterocycles. The zero-order valence-corrected chi connectivity index (χ0v) is 17.9. The number of carbonyl (C=O) groups is 1. The van der Waals surface area contributed by atoms with Gasteiger partial charge in [-0.2, -0.15) is 9.61 Å². The first-order valence-corrected chi connectivity index (χ1v) is 10.4. The Bertz CT molecular complexity index is 1290. The van der Waals surface area contributed by atoms with Crippen LogP contribution < -0.4 is 20.3 Å². The van der Waals surface area contributed by atoms with Crippen LogP contribution >= 0.6 is 22.9 Å². The van der Waals surface area contributed by atoms with Gasteiger partial charge in [0.15, 0.2) is 6.61 Å². The lowest BCUT2D eigenvalue weighted by Crippen LogP contribution is -2.29. The molecule has 1 amide bonds. The SMILES string of the molecule is COc1ccc(-c2nn3c(=O)cc(CNC(=O)COc4ccccc4Cl)nc3s2)cc1. The van der Waals surface area contributed by atoms with Crippen LogP contribution in [0, 0.1) is 0 Å². The lowest BCUT2D eigenvalue weighted by molar-refractivity contribution is -0.123. The van der Waals surface area contributed by atoms with Crippen molar-refractivity contribution in [3.05, 3.63) is 75.7 Å². The van der Waals surface area contributed by atoms with Gasteiger partial charge in [0.25, 0.3) is 11.5 Å². The summed E-state index contributed by atoms with van der Waals surface area (Å²) in [7, 11) is 1.60. The topological polar surface area (TPSA) is 94.8 Å². The first-order valence-electron chi connectivity index (χ1n) is 9.22. The Balaban J connectivity index is 1.44.